The predicted molar refractivity (Wildman–Crippen MR) is 192 cm³/mol. The van der Waals surface area contributed by atoms with E-state index in [0.717, 1.165) is 61.2 Å². The summed E-state index contributed by atoms with van der Waals surface area (Å²) >= 11 is 0. The van der Waals surface area contributed by atoms with Crippen LogP contribution in [0.2, 0.25) is 0 Å². The third kappa shape index (κ3) is 7.14. The maximum atomic E-state index is 12.9. The van der Waals surface area contributed by atoms with Gasteiger partial charge >= 0.3 is 17.9 Å². The fraction of sp³-hybridized carbons (Fsp3) is 0.316. The molecule has 2 unspecified atom stereocenters. The van der Waals surface area contributed by atoms with Gasteiger partial charge in [0.2, 0.25) is 5.91 Å². The van der Waals surface area contributed by atoms with Crippen molar-refractivity contribution in [1.29, 1.82) is 0 Å². The summed E-state index contributed by atoms with van der Waals surface area (Å²) < 4.78 is 0. The SMILES string of the molecule is C=Cc1c(C)c2cc3[nH]c(cc4nc(cc5nc(cc1[nH]2)C(C)=C5CCC(=O)N[C@@H](CC(=O)O)C(=O)O)C(CCC(=O)O)C4C)c(C)c3C=C. The molecule has 3 atom stereocenters. The molecule has 5 rings (SSSR count). The van der Waals surface area contributed by atoms with Crippen molar-refractivity contribution < 1.29 is 34.5 Å². The van der Waals surface area contributed by atoms with E-state index in [4.69, 9.17) is 15.1 Å². The van der Waals surface area contributed by atoms with Gasteiger partial charge in [-0.3, -0.25) is 19.4 Å². The van der Waals surface area contributed by atoms with Gasteiger partial charge in [0.15, 0.2) is 0 Å². The molecule has 3 aromatic rings. The lowest BCUT2D eigenvalue weighted by Crippen LogP contribution is -2.42. The Bertz CT molecular complexity index is 2140. The maximum Gasteiger partial charge on any atom is 0.326 e. The Labute approximate surface area is 288 Å². The van der Waals surface area contributed by atoms with Gasteiger partial charge in [0.25, 0.3) is 0 Å². The summed E-state index contributed by atoms with van der Waals surface area (Å²) in [6, 6.07) is 6.24. The topological polar surface area (TPSA) is 198 Å². The zero-order chi connectivity index (χ0) is 36.4. The largest absolute Gasteiger partial charge is 0.481 e. The Balaban J connectivity index is 1.74. The second-order valence-electron chi connectivity index (χ2n) is 12.8. The van der Waals surface area contributed by atoms with Crippen molar-refractivity contribution in [3.05, 3.63) is 82.5 Å². The van der Waals surface area contributed by atoms with Crippen LogP contribution in [-0.2, 0) is 19.2 Å². The lowest BCUT2D eigenvalue weighted by molar-refractivity contribution is -0.147. The number of carbonyl (C=O) groups is 4. The number of nitrogens with zero attached hydrogens (tertiary/aromatic N) is 2. The van der Waals surface area contributed by atoms with Gasteiger partial charge in [0.1, 0.15) is 6.04 Å². The summed E-state index contributed by atoms with van der Waals surface area (Å²) in [5.41, 5.74) is 11.4. The fourth-order valence-electron chi connectivity index (χ4n) is 6.78. The molecule has 2 aliphatic rings. The monoisotopic (exact) mass is 679 g/mol. The molecule has 8 bridgehead atoms. The molecule has 0 fully saturated rings. The average molecular weight is 680 g/mol. The number of aromatic amines is 2. The number of carboxylic acid groups (broad SMARTS) is 3. The number of hydrogen-bond donors (Lipinski definition) is 6. The number of hydrogen-bond acceptors (Lipinski definition) is 6. The van der Waals surface area contributed by atoms with E-state index < -0.39 is 36.3 Å². The van der Waals surface area contributed by atoms with Crippen molar-refractivity contribution in [3.63, 3.8) is 0 Å². The predicted octanol–water partition coefficient (Wildman–Crippen LogP) is 6.72. The number of carbonyl (C=O) groups excluding carboxylic acids is 1. The molecular formula is C38H41N5O7. The Morgan fingerprint density at radius 1 is 0.820 bits per heavy atom. The fourth-order valence-corrected chi connectivity index (χ4v) is 6.78. The highest BCUT2D eigenvalue weighted by Gasteiger charge is 2.31. The highest BCUT2D eigenvalue weighted by Crippen LogP contribution is 2.41. The molecule has 12 heteroatoms. The molecule has 50 heavy (non-hydrogen) atoms. The standard InChI is InChI=1S/C38H41N5O7/c1-7-22-18(3)26-13-27-21(6)25(10-12-36(45)46)33(41-27)16-32-24(9-11-35(44)43-34(38(49)50)17-37(47)48)20(5)29(42-32)15-31-23(8-2)19(4)28(40-31)14-30(22)39-26/h7-8,13-16,21,25,34,39-40H,1-2,9-12,17H2,3-6H3,(H,43,44)(H,45,46)(H,47,48)(H,49,50)/t21?,25?,34-/m0/s1. The van der Waals surface area contributed by atoms with E-state index in [-0.39, 0.29) is 31.1 Å². The van der Waals surface area contributed by atoms with Gasteiger partial charge in [0.05, 0.1) is 17.8 Å². The minimum Gasteiger partial charge on any atom is -0.481 e. The van der Waals surface area contributed by atoms with E-state index in [0.29, 0.717) is 23.5 Å². The van der Waals surface area contributed by atoms with Crippen LogP contribution in [0, 0.1) is 13.8 Å². The first-order valence-electron chi connectivity index (χ1n) is 16.4. The van der Waals surface area contributed by atoms with Crippen LogP contribution in [0.5, 0.6) is 0 Å². The van der Waals surface area contributed by atoms with Crippen molar-refractivity contribution in [3.8, 4) is 0 Å². The van der Waals surface area contributed by atoms with Gasteiger partial charge in [-0.25, -0.2) is 9.78 Å². The second-order valence-corrected chi connectivity index (χ2v) is 12.8. The first kappa shape index (κ1) is 35.5. The Morgan fingerprint density at radius 3 is 2.02 bits per heavy atom. The molecule has 1 amide bonds. The van der Waals surface area contributed by atoms with Gasteiger partial charge in [-0.2, -0.15) is 0 Å². The number of H-pyrrole nitrogens is 2. The first-order chi connectivity index (χ1) is 23.7. The molecule has 0 spiro atoms. The van der Waals surface area contributed by atoms with E-state index in [2.05, 4.69) is 28.4 Å². The van der Waals surface area contributed by atoms with Gasteiger partial charge in [-0.05, 0) is 80.2 Å². The maximum absolute atomic E-state index is 12.9. The summed E-state index contributed by atoms with van der Waals surface area (Å²) in [6.07, 6.45) is 3.22. The van der Waals surface area contributed by atoms with E-state index in [1.807, 2.05) is 58.0 Å². The van der Waals surface area contributed by atoms with E-state index in [1.165, 1.54) is 0 Å². The Morgan fingerprint density at radius 2 is 1.44 bits per heavy atom. The van der Waals surface area contributed by atoms with E-state index in [9.17, 15) is 29.4 Å². The van der Waals surface area contributed by atoms with Gasteiger partial charge < -0.3 is 30.6 Å². The van der Waals surface area contributed by atoms with Gasteiger partial charge in [0, 0.05) is 69.3 Å². The summed E-state index contributed by atoms with van der Waals surface area (Å²) in [4.78, 5) is 64.4. The number of aliphatic carboxylic acids is 3. The molecule has 0 saturated heterocycles. The lowest BCUT2D eigenvalue weighted by Gasteiger charge is -2.15. The van der Waals surface area contributed by atoms with E-state index >= 15 is 0 Å². The van der Waals surface area contributed by atoms with Crippen LogP contribution < -0.4 is 5.32 Å². The zero-order valence-electron chi connectivity index (χ0n) is 28.5. The lowest BCUT2D eigenvalue weighted by atomic mass is 9.87. The molecule has 5 heterocycles. The number of amides is 1. The smallest absolute Gasteiger partial charge is 0.326 e. The summed E-state index contributed by atoms with van der Waals surface area (Å²) in [7, 11) is 0. The molecule has 0 aliphatic carbocycles. The van der Waals surface area contributed by atoms with Crippen LogP contribution >= 0.6 is 0 Å². The van der Waals surface area contributed by atoms with Crippen molar-refractivity contribution >= 4 is 69.2 Å². The third-order valence-electron chi connectivity index (χ3n) is 9.67. The van der Waals surface area contributed by atoms with E-state index in [1.54, 1.807) is 6.08 Å². The van der Waals surface area contributed by atoms with Crippen LogP contribution in [0.3, 0.4) is 0 Å². The molecule has 0 saturated carbocycles. The van der Waals surface area contributed by atoms with Gasteiger partial charge in [-0.1, -0.05) is 32.2 Å². The quantitative estimate of drug-likeness (QED) is 0.120. The number of carboxylic acids is 3. The van der Waals surface area contributed by atoms with Crippen molar-refractivity contribution in [1.82, 2.24) is 25.3 Å². The molecular weight excluding hydrogens is 638 g/mol. The number of allylic oxidation sites excluding steroid dienone is 2. The number of aryl methyl sites for hydroxylation is 2. The van der Waals surface area contributed by atoms with Crippen LogP contribution in [-0.4, -0.2) is 65.1 Å². The van der Waals surface area contributed by atoms with Gasteiger partial charge in [-0.15, -0.1) is 0 Å². The zero-order valence-corrected chi connectivity index (χ0v) is 28.5. The molecule has 12 nitrogen and oxygen atoms in total. The average Bonchev–Trinajstić information content (AvgIpc) is 3.71. The molecule has 0 radical (unpaired) electrons. The third-order valence-corrected chi connectivity index (χ3v) is 9.67. The minimum atomic E-state index is -1.56. The summed E-state index contributed by atoms with van der Waals surface area (Å²) in [6.45, 7) is 16.0. The van der Waals surface area contributed by atoms with Crippen LogP contribution in [0.1, 0.15) is 103 Å². The minimum absolute atomic E-state index is 0.0460. The van der Waals surface area contributed by atoms with Crippen molar-refractivity contribution in [2.45, 2.75) is 77.7 Å². The van der Waals surface area contributed by atoms with Crippen LogP contribution in [0.15, 0.2) is 37.4 Å². The molecule has 6 N–H and O–H groups in total. The highest BCUT2D eigenvalue weighted by molar-refractivity contribution is 5.95. The Kier molecular flexibility index (Phi) is 10.2. The van der Waals surface area contributed by atoms with Crippen molar-refractivity contribution in [2.24, 2.45) is 0 Å². The summed E-state index contributed by atoms with van der Waals surface area (Å²) in [5, 5.41) is 30.4. The number of fused-ring (bicyclic) bond motifs is 8. The Hall–Kier alpha value is -5.78. The van der Waals surface area contributed by atoms with Crippen LogP contribution in [0.25, 0.3) is 45.4 Å². The number of nitrogens with one attached hydrogen (secondary N) is 3. The number of rotatable bonds is 12. The second kappa shape index (κ2) is 14.4. The number of aromatic nitrogens is 4. The van der Waals surface area contributed by atoms with Crippen LogP contribution in [0.4, 0.5) is 0 Å². The molecule has 260 valence electrons. The molecule has 0 aromatic carbocycles. The molecule has 3 aromatic heterocycles. The molecule has 2 aliphatic heterocycles. The first-order valence-corrected chi connectivity index (χ1v) is 16.4. The summed E-state index contributed by atoms with van der Waals surface area (Å²) in [5.74, 6) is -4.63. The highest BCUT2D eigenvalue weighted by atomic mass is 16.4. The normalized spacial score (nSPS) is 16.2. The van der Waals surface area contributed by atoms with Crippen molar-refractivity contribution in [2.75, 3.05) is 0 Å².